The molecule has 0 amide bonds. The van der Waals surface area contributed by atoms with Gasteiger partial charge in [-0.15, -0.1) is 0 Å². The molecular weight excluding hydrogens is 282 g/mol. The lowest BCUT2D eigenvalue weighted by molar-refractivity contribution is -0.131. The number of rotatable bonds is 6. The van der Waals surface area contributed by atoms with Gasteiger partial charge in [0.2, 0.25) is 0 Å². The van der Waals surface area contributed by atoms with E-state index >= 15 is 0 Å². The van der Waals surface area contributed by atoms with E-state index in [9.17, 15) is 13.6 Å². The van der Waals surface area contributed by atoms with Crippen LogP contribution in [0.15, 0.2) is 18.2 Å². The molecule has 1 aromatic carbocycles. The molecule has 0 unspecified atom stereocenters. The largest absolute Gasteiger partial charge is 0.493 e. The summed E-state index contributed by atoms with van der Waals surface area (Å²) in [5.41, 5.74) is 0.452. The van der Waals surface area contributed by atoms with Gasteiger partial charge in [-0.3, -0.25) is 0 Å². The second kappa shape index (κ2) is 6.94. The zero-order valence-corrected chi connectivity index (χ0v) is 10.7. The van der Waals surface area contributed by atoms with Crippen molar-refractivity contribution in [2.24, 2.45) is 0 Å². The van der Waals surface area contributed by atoms with Gasteiger partial charge in [0.25, 0.3) is 6.43 Å². The van der Waals surface area contributed by atoms with Crippen LogP contribution in [0, 0.1) is 0 Å². The van der Waals surface area contributed by atoms with Crippen molar-refractivity contribution >= 4 is 23.6 Å². The molecule has 0 aliphatic heterocycles. The predicted molar refractivity (Wildman–Crippen MR) is 66.2 cm³/mol. The Labute approximate surface area is 113 Å². The van der Waals surface area contributed by atoms with Crippen LogP contribution in [0.1, 0.15) is 5.56 Å². The lowest BCUT2D eigenvalue weighted by Gasteiger charge is -2.12. The number of halogens is 3. The summed E-state index contributed by atoms with van der Waals surface area (Å²) in [5.74, 6) is -0.969. The van der Waals surface area contributed by atoms with Crippen molar-refractivity contribution in [3.63, 3.8) is 0 Å². The number of alkyl halides is 2. The van der Waals surface area contributed by atoms with Crippen LogP contribution in [-0.2, 0) is 4.79 Å². The third kappa shape index (κ3) is 4.75. The molecule has 0 spiro atoms. The normalized spacial score (nSPS) is 11.0. The highest BCUT2D eigenvalue weighted by Gasteiger charge is 2.13. The number of hydrogen-bond acceptors (Lipinski definition) is 3. The Balaban J connectivity index is 3.03. The van der Waals surface area contributed by atoms with E-state index in [0.29, 0.717) is 5.56 Å². The molecule has 0 saturated carbocycles. The first-order valence-corrected chi connectivity index (χ1v) is 5.51. The highest BCUT2D eigenvalue weighted by atomic mass is 35.5. The van der Waals surface area contributed by atoms with Crippen molar-refractivity contribution < 1.29 is 28.2 Å². The summed E-state index contributed by atoms with van der Waals surface area (Å²) in [5, 5.41) is 8.57. The molecule has 0 fully saturated rings. The fourth-order valence-corrected chi connectivity index (χ4v) is 1.56. The summed E-state index contributed by atoms with van der Waals surface area (Å²) >= 11 is 5.88. The van der Waals surface area contributed by atoms with Gasteiger partial charge in [-0.05, 0) is 23.8 Å². The van der Waals surface area contributed by atoms with Gasteiger partial charge in [0.1, 0.15) is 6.61 Å². The molecule has 0 saturated heterocycles. The molecule has 0 aromatic heterocycles. The zero-order valence-electron chi connectivity index (χ0n) is 9.90. The number of benzene rings is 1. The monoisotopic (exact) mass is 292 g/mol. The third-order valence-corrected chi connectivity index (χ3v) is 2.30. The highest BCUT2D eigenvalue weighted by molar-refractivity contribution is 6.32. The summed E-state index contributed by atoms with van der Waals surface area (Å²) < 4.78 is 34.0. The second-order valence-electron chi connectivity index (χ2n) is 3.41. The molecular formula is C12H11ClF2O4. The minimum absolute atomic E-state index is 0.00283. The number of carboxylic acids is 1. The smallest absolute Gasteiger partial charge is 0.328 e. The van der Waals surface area contributed by atoms with E-state index in [1.165, 1.54) is 25.3 Å². The van der Waals surface area contributed by atoms with Gasteiger partial charge in [-0.25, -0.2) is 13.6 Å². The second-order valence-corrected chi connectivity index (χ2v) is 3.81. The van der Waals surface area contributed by atoms with E-state index in [-0.39, 0.29) is 16.5 Å². The molecule has 19 heavy (non-hydrogen) atoms. The summed E-state index contributed by atoms with van der Waals surface area (Å²) in [7, 11) is 1.32. The molecule has 0 aliphatic rings. The summed E-state index contributed by atoms with van der Waals surface area (Å²) in [6.45, 7) is -0.805. The standard InChI is InChI=1S/C12H11ClF2O4/c1-18-9-5-7(2-3-11(16)17)4-8(13)12(9)19-6-10(14)15/h2-5,10H,6H2,1H3,(H,16,17)/b3-2+. The van der Waals surface area contributed by atoms with E-state index < -0.39 is 19.0 Å². The molecule has 0 heterocycles. The predicted octanol–water partition coefficient (Wildman–Crippen LogP) is 3.09. The van der Waals surface area contributed by atoms with Crippen molar-refractivity contribution in [2.45, 2.75) is 6.43 Å². The Morgan fingerprint density at radius 2 is 2.21 bits per heavy atom. The van der Waals surface area contributed by atoms with Gasteiger partial charge >= 0.3 is 5.97 Å². The fraction of sp³-hybridized carbons (Fsp3) is 0.250. The molecule has 7 heteroatoms. The van der Waals surface area contributed by atoms with Crippen molar-refractivity contribution in [1.82, 2.24) is 0 Å². The Hall–Kier alpha value is -1.82. The van der Waals surface area contributed by atoms with Gasteiger partial charge in [0.05, 0.1) is 12.1 Å². The van der Waals surface area contributed by atoms with Gasteiger partial charge in [-0.2, -0.15) is 0 Å². The Morgan fingerprint density at radius 1 is 1.53 bits per heavy atom. The van der Waals surface area contributed by atoms with Crippen LogP contribution in [0.25, 0.3) is 6.08 Å². The molecule has 1 aromatic rings. The molecule has 0 aliphatic carbocycles. The van der Waals surface area contributed by atoms with Crippen LogP contribution in [0.4, 0.5) is 8.78 Å². The van der Waals surface area contributed by atoms with Crippen molar-refractivity contribution in [3.8, 4) is 11.5 Å². The van der Waals surface area contributed by atoms with E-state index in [2.05, 4.69) is 0 Å². The van der Waals surface area contributed by atoms with Gasteiger partial charge in [0.15, 0.2) is 11.5 Å². The first-order chi connectivity index (χ1) is 8.93. The molecule has 0 radical (unpaired) electrons. The number of carbonyl (C=O) groups is 1. The van der Waals surface area contributed by atoms with Gasteiger partial charge < -0.3 is 14.6 Å². The van der Waals surface area contributed by atoms with E-state index in [0.717, 1.165) is 6.08 Å². The maximum atomic E-state index is 12.1. The minimum atomic E-state index is -2.63. The average molecular weight is 293 g/mol. The number of ether oxygens (including phenoxy) is 2. The molecule has 1 N–H and O–H groups in total. The van der Waals surface area contributed by atoms with E-state index in [1.807, 2.05) is 0 Å². The van der Waals surface area contributed by atoms with Gasteiger partial charge in [-0.1, -0.05) is 11.6 Å². The maximum Gasteiger partial charge on any atom is 0.328 e. The van der Waals surface area contributed by atoms with E-state index in [1.54, 1.807) is 0 Å². The van der Waals surface area contributed by atoms with Crippen LogP contribution < -0.4 is 9.47 Å². The Bertz CT molecular complexity index is 489. The summed E-state index contributed by atoms with van der Waals surface area (Å²) in [4.78, 5) is 10.4. The third-order valence-electron chi connectivity index (χ3n) is 2.02. The lowest BCUT2D eigenvalue weighted by Crippen LogP contribution is -2.08. The van der Waals surface area contributed by atoms with Crippen LogP contribution in [0.5, 0.6) is 11.5 Å². The quantitative estimate of drug-likeness (QED) is 0.819. The minimum Gasteiger partial charge on any atom is -0.493 e. The first-order valence-electron chi connectivity index (χ1n) is 5.13. The molecule has 1 rings (SSSR count). The fourth-order valence-electron chi connectivity index (χ4n) is 1.29. The molecule has 0 atom stereocenters. The van der Waals surface area contributed by atoms with Crippen LogP contribution in [0.2, 0.25) is 5.02 Å². The van der Waals surface area contributed by atoms with Crippen LogP contribution in [-0.4, -0.2) is 31.2 Å². The van der Waals surface area contributed by atoms with Crippen LogP contribution >= 0.6 is 11.6 Å². The number of aliphatic carboxylic acids is 1. The molecule has 4 nitrogen and oxygen atoms in total. The summed E-state index contributed by atoms with van der Waals surface area (Å²) in [6.07, 6.45) is -0.411. The average Bonchev–Trinajstić information content (AvgIpc) is 2.34. The maximum absolute atomic E-state index is 12.1. The van der Waals surface area contributed by atoms with E-state index in [4.69, 9.17) is 26.2 Å². The van der Waals surface area contributed by atoms with Gasteiger partial charge in [0, 0.05) is 6.08 Å². The highest BCUT2D eigenvalue weighted by Crippen LogP contribution is 2.37. The Kier molecular flexibility index (Phi) is 5.57. The first kappa shape index (κ1) is 15.2. The SMILES string of the molecule is COc1cc(/C=C/C(=O)O)cc(Cl)c1OCC(F)F. The topological polar surface area (TPSA) is 55.8 Å². The van der Waals surface area contributed by atoms with Crippen molar-refractivity contribution in [3.05, 3.63) is 28.8 Å². The van der Waals surface area contributed by atoms with Crippen molar-refractivity contribution in [1.29, 1.82) is 0 Å². The molecule has 0 bridgehead atoms. The lowest BCUT2D eigenvalue weighted by atomic mass is 10.2. The van der Waals surface area contributed by atoms with Crippen molar-refractivity contribution in [2.75, 3.05) is 13.7 Å². The molecule has 104 valence electrons. The summed E-state index contributed by atoms with van der Waals surface area (Å²) in [6, 6.07) is 2.83. The zero-order chi connectivity index (χ0) is 14.4. The number of methoxy groups -OCH3 is 1. The number of hydrogen-bond donors (Lipinski definition) is 1. The Morgan fingerprint density at radius 3 is 2.74 bits per heavy atom. The van der Waals surface area contributed by atoms with Crippen LogP contribution in [0.3, 0.4) is 0 Å². The number of carboxylic acid groups (broad SMARTS) is 1.